The van der Waals surface area contributed by atoms with Crippen molar-refractivity contribution in [1.82, 2.24) is 24.9 Å². The number of rotatable bonds is 6. The first kappa shape index (κ1) is 22.6. The van der Waals surface area contributed by atoms with Gasteiger partial charge in [0.2, 0.25) is 0 Å². The van der Waals surface area contributed by atoms with Crippen LogP contribution >= 0.6 is 11.6 Å². The highest BCUT2D eigenvalue weighted by molar-refractivity contribution is 6.31. The number of nitrogens with one attached hydrogen (secondary N) is 1. The number of amides is 1. The standard InChI is InChI=1S/C27H22ClN5O2/c1-32(27(35)25-21-12-6-7-13-22(21)26(34)30-29-25)15-20-17-33(16-19-11-5-8-14-23(19)28)31-24(20)18-9-3-2-4-10-18/h2-14,17H,15-16H2,1H3,(H,30,34). The number of hydrogen-bond acceptors (Lipinski definition) is 4. The minimum atomic E-state index is -0.327. The summed E-state index contributed by atoms with van der Waals surface area (Å²) in [7, 11) is 1.71. The average Bonchev–Trinajstić information content (AvgIpc) is 3.28. The van der Waals surface area contributed by atoms with Gasteiger partial charge in [0.05, 0.1) is 17.6 Å². The number of aromatic nitrogens is 4. The smallest absolute Gasteiger partial charge is 0.274 e. The molecule has 5 aromatic rings. The van der Waals surface area contributed by atoms with E-state index in [1.165, 1.54) is 0 Å². The summed E-state index contributed by atoms with van der Waals surface area (Å²) in [6.45, 7) is 0.810. The van der Waals surface area contributed by atoms with Crippen LogP contribution in [0.4, 0.5) is 0 Å². The van der Waals surface area contributed by atoms with E-state index in [2.05, 4.69) is 10.2 Å². The van der Waals surface area contributed by atoms with Gasteiger partial charge in [0.25, 0.3) is 11.5 Å². The molecular formula is C27H22ClN5O2. The lowest BCUT2D eigenvalue weighted by Gasteiger charge is -2.17. The van der Waals surface area contributed by atoms with Crippen molar-refractivity contribution in [3.8, 4) is 11.3 Å². The summed E-state index contributed by atoms with van der Waals surface area (Å²) in [5, 5.41) is 12.9. The van der Waals surface area contributed by atoms with E-state index < -0.39 is 0 Å². The molecule has 2 aromatic heterocycles. The van der Waals surface area contributed by atoms with Crippen molar-refractivity contribution in [2.24, 2.45) is 0 Å². The lowest BCUT2D eigenvalue weighted by Crippen LogP contribution is -2.28. The summed E-state index contributed by atoms with van der Waals surface area (Å²) in [6.07, 6.45) is 1.94. The highest BCUT2D eigenvalue weighted by atomic mass is 35.5. The van der Waals surface area contributed by atoms with Crippen LogP contribution in [0.3, 0.4) is 0 Å². The Bertz CT molecular complexity index is 1580. The highest BCUT2D eigenvalue weighted by Crippen LogP contribution is 2.25. The average molecular weight is 484 g/mol. The second-order valence-corrected chi connectivity index (χ2v) is 8.67. The molecule has 0 aliphatic heterocycles. The Balaban J connectivity index is 1.49. The number of aromatic amines is 1. The molecule has 0 bridgehead atoms. The monoisotopic (exact) mass is 483 g/mol. The van der Waals surface area contributed by atoms with E-state index in [4.69, 9.17) is 16.7 Å². The molecule has 35 heavy (non-hydrogen) atoms. The zero-order chi connectivity index (χ0) is 24.4. The number of H-pyrrole nitrogens is 1. The fraction of sp³-hybridized carbons (Fsp3) is 0.111. The fourth-order valence-electron chi connectivity index (χ4n) is 4.09. The quantitative estimate of drug-likeness (QED) is 0.377. The van der Waals surface area contributed by atoms with Crippen LogP contribution in [0.15, 0.2) is 89.9 Å². The Labute approximate surface area is 206 Å². The van der Waals surface area contributed by atoms with Gasteiger partial charge in [-0.25, -0.2) is 5.10 Å². The molecule has 1 N–H and O–H groups in total. The minimum Gasteiger partial charge on any atom is -0.336 e. The molecule has 0 radical (unpaired) electrons. The van der Waals surface area contributed by atoms with Gasteiger partial charge in [0, 0.05) is 41.3 Å². The first-order chi connectivity index (χ1) is 17.0. The molecule has 0 unspecified atom stereocenters. The molecule has 0 atom stereocenters. The summed E-state index contributed by atoms with van der Waals surface area (Å²) in [5.41, 5.74) is 3.45. The summed E-state index contributed by atoms with van der Waals surface area (Å²) in [4.78, 5) is 27.1. The number of nitrogens with zero attached hydrogens (tertiary/aromatic N) is 4. The van der Waals surface area contributed by atoms with Crippen LogP contribution in [-0.2, 0) is 13.1 Å². The van der Waals surface area contributed by atoms with E-state index in [1.54, 1.807) is 36.2 Å². The molecule has 1 amide bonds. The largest absolute Gasteiger partial charge is 0.336 e. The number of fused-ring (bicyclic) bond motifs is 1. The third-order valence-electron chi connectivity index (χ3n) is 5.83. The van der Waals surface area contributed by atoms with Crippen LogP contribution in [0.2, 0.25) is 5.02 Å². The molecular weight excluding hydrogens is 462 g/mol. The van der Waals surface area contributed by atoms with E-state index in [-0.39, 0.29) is 17.2 Å². The van der Waals surface area contributed by atoms with Gasteiger partial charge < -0.3 is 4.90 Å². The number of benzene rings is 3. The van der Waals surface area contributed by atoms with Crippen LogP contribution in [-0.4, -0.2) is 37.8 Å². The third kappa shape index (κ3) is 4.58. The van der Waals surface area contributed by atoms with Crippen molar-refractivity contribution in [2.75, 3.05) is 7.05 Å². The van der Waals surface area contributed by atoms with E-state index in [9.17, 15) is 9.59 Å². The molecule has 0 spiro atoms. The van der Waals surface area contributed by atoms with E-state index >= 15 is 0 Å². The zero-order valence-electron chi connectivity index (χ0n) is 19.0. The molecule has 174 valence electrons. The van der Waals surface area contributed by atoms with Crippen LogP contribution in [0.1, 0.15) is 21.6 Å². The van der Waals surface area contributed by atoms with E-state index in [1.807, 2.05) is 65.5 Å². The maximum atomic E-state index is 13.4. The van der Waals surface area contributed by atoms with Crippen molar-refractivity contribution >= 4 is 28.3 Å². The normalized spacial score (nSPS) is 11.0. The number of carbonyl (C=O) groups excluding carboxylic acids is 1. The van der Waals surface area contributed by atoms with Crippen molar-refractivity contribution in [1.29, 1.82) is 0 Å². The lowest BCUT2D eigenvalue weighted by atomic mass is 10.1. The Morgan fingerprint density at radius 2 is 1.63 bits per heavy atom. The van der Waals surface area contributed by atoms with Gasteiger partial charge >= 0.3 is 0 Å². The maximum absolute atomic E-state index is 13.4. The van der Waals surface area contributed by atoms with Crippen molar-refractivity contribution in [3.05, 3.63) is 117 Å². The molecule has 0 aliphatic carbocycles. The van der Waals surface area contributed by atoms with Crippen LogP contribution in [0.25, 0.3) is 22.0 Å². The molecule has 2 heterocycles. The summed E-state index contributed by atoms with van der Waals surface area (Å²) in [5.74, 6) is -0.296. The van der Waals surface area contributed by atoms with Gasteiger partial charge in [-0.3, -0.25) is 14.3 Å². The predicted molar refractivity (Wildman–Crippen MR) is 136 cm³/mol. The fourth-order valence-corrected chi connectivity index (χ4v) is 4.28. The first-order valence-corrected chi connectivity index (χ1v) is 11.5. The Morgan fingerprint density at radius 1 is 0.943 bits per heavy atom. The van der Waals surface area contributed by atoms with Crippen molar-refractivity contribution < 1.29 is 4.79 Å². The Kier molecular flexibility index (Phi) is 6.16. The molecule has 8 heteroatoms. The van der Waals surface area contributed by atoms with Crippen LogP contribution in [0, 0.1) is 0 Å². The zero-order valence-corrected chi connectivity index (χ0v) is 19.7. The second kappa shape index (κ2) is 9.56. The van der Waals surface area contributed by atoms with Crippen LogP contribution in [0.5, 0.6) is 0 Å². The van der Waals surface area contributed by atoms with Gasteiger partial charge in [-0.1, -0.05) is 78.3 Å². The SMILES string of the molecule is CN(Cc1cn(Cc2ccccc2Cl)nc1-c1ccccc1)C(=O)c1n[nH]c(=O)c2ccccc12. The predicted octanol–water partition coefficient (Wildman–Crippen LogP) is 4.76. The maximum Gasteiger partial charge on any atom is 0.274 e. The Morgan fingerprint density at radius 3 is 2.40 bits per heavy atom. The summed E-state index contributed by atoms with van der Waals surface area (Å²) < 4.78 is 1.84. The Hall–Kier alpha value is -4.23. The molecule has 0 saturated heterocycles. The van der Waals surface area contributed by atoms with Gasteiger partial charge in [0.1, 0.15) is 0 Å². The number of carbonyl (C=O) groups is 1. The molecule has 3 aromatic carbocycles. The number of halogens is 1. The first-order valence-electron chi connectivity index (χ1n) is 11.1. The third-order valence-corrected chi connectivity index (χ3v) is 6.20. The molecule has 0 fully saturated rings. The lowest BCUT2D eigenvalue weighted by molar-refractivity contribution is 0.0780. The van der Waals surface area contributed by atoms with Crippen molar-refractivity contribution in [3.63, 3.8) is 0 Å². The van der Waals surface area contributed by atoms with Gasteiger partial charge in [-0.05, 0) is 17.7 Å². The van der Waals surface area contributed by atoms with E-state index in [0.717, 1.165) is 22.4 Å². The van der Waals surface area contributed by atoms with Gasteiger partial charge in [-0.2, -0.15) is 10.2 Å². The van der Waals surface area contributed by atoms with E-state index in [0.29, 0.717) is 28.9 Å². The summed E-state index contributed by atoms with van der Waals surface area (Å²) >= 11 is 6.36. The highest BCUT2D eigenvalue weighted by Gasteiger charge is 2.21. The second-order valence-electron chi connectivity index (χ2n) is 8.27. The van der Waals surface area contributed by atoms with Gasteiger partial charge in [-0.15, -0.1) is 0 Å². The molecule has 0 aliphatic rings. The molecule has 7 nitrogen and oxygen atoms in total. The summed E-state index contributed by atoms with van der Waals surface area (Å²) in [6, 6.07) is 24.5. The molecule has 0 saturated carbocycles. The van der Waals surface area contributed by atoms with Crippen molar-refractivity contribution in [2.45, 2.75) is 13.1 Å². The number of hydrogen-bond donors (Lipinski definition) is 1. The van der Waals surface area contributed by atoms with Crippen LogP contribution < -0.4 is 5.56 Å². The molecule has 5 rings (SSSR count). The minimum absolute atomic E-state index is 0.201. The topological polar surface area (TPSA) is 83.9 Å². The van der Waals surface area contributed by atoms with Gasteiger partial charge in [0.15, 0.2) is 5.69 Å².